The van der Waals surface area contributed by atoms with Crippen LogP contribution in [-0.2, 0) is 0 Å². The van der Waals surface area contributed by atoms with Gasteiger partial charge in [0.25, 0.3) is 0 Å². The van der Waals surface area contributed by atoms with E-state index in [0.717, 1.165) is 16.6 Å². The summed E-state index contributed by atoms with van der Waals surface area (Å²) in [4.78, 5) is 0. The third kappa shape index (κ3) is 2.86. The van der Waals surface area contributed by atoms with Gasteiger partial charge in [-0.2, -0.15) is 0 Å². The van der Waals surface area contributed by atoms with Crippen LogP contribution in [-0.4, -0.2) is 11.5 Å². The van der Waals surface area contributed by atoms with Crippen molar-refractivity contribution in [2.24, 2.45) is 5.41 Å². The Hall–Kier alpha value is -0.210. The number of ether oxygens (including phenoxy) is 1. The van der Waals surface area contributed by atoms with Crippen LogP contribution in [0.2, 0.25) is 0 Å². The summed E-state index contributed by atoms with van der Waals surface area (Å²) in [6, 6.07) is 6.37. The summed E-state index contributed by atoms with van der Waals surface area (Å²) in [6.07, 6.45) is 7.74. The minimum Gasteiger partial charge on any atom is -0.489 e. The first-order valence-electron chi connectivity index (χ1n) is 8.13. The van der Waals surface area contributed by atoms with Crippen LogP contribution in [0.4, 0.5) is 0 Å². The van der Waals surface area contributed by atoms with Gasteiger partial charge in [-0.1, -0.05) is 49.0 Å². The minimum absolute atomic E-state index is 0.237. The molecule has 1 nitrogen and oxygen atoms in total. The molecule has 2 aliphatic rings. The lowest BCUT2D eigenvalue weighted by molar-refractivity contribution is -0.0655. The van der Waals surface area contributed by atoms with Gasteiger partial charge in [0.1, 0.15) is 11.9 Å². The molecule has 2 aliphatic carbocycles. The summed E-state index contributed by atoms with van der Waals surface area (Å²) >= 11 is 10.2. The monoisotopic (exact) mass is 370 g/mol. The minimum atomic E-state index is 0.237. The van der Waals surface area contributed by atoms with Gasteiger partial charge in [0.2, 0.25) is 0 Å². The zero-order chi connectivity index (χ0) is 15.0. The van der Waals surface area contributed by atoms with Gasteiger partial charge in [-0.05, 0) is 42.5 Å². The van der Waals surface area contributed by atoms with Gasteiger partial charge >= 0.3 is 0 Å². The molecule has 0 N–H and O–H groups in total. The summed E-state index contributed by atoms with van der Waals surface area (Å²) in [6.45, 7) is 4.44. The molecule has 0 radical (unpaired) electrons. The fraction of sp³-hybridized carbons (Fsp3) is 0.667. The SMILES string of the molecule is CC(C)c1cc(Br)ccc1OC1CC(Cl)C12CCCCC2. The summed E-state index contributed by atoms with van der Waals surface area (Å²) in [7, 11) is 0. The molecule has 2 fully saturated rings. The molecule has 1 spiro atoms. The predicted molar refractivity (Wildman–Crippen MR) is 92.4 cm³/mol. The zero-order valence-corrected chi connectivity index (χ0v) is 15.2. The van der Waals surface area contributed by atoms with E-state index in [9.17, 15) is 0 Å². The highest BCUT2D eigenvalue weighted by Crippen LogP contribution is 2.56. The normalized spacial score (nSPS) is 27.7. The van der Waals surface area contributed by atoms with Gasteiger partial charge in [-0.25, -0.2) is 0 Å². The highest BCUT2D eigenvalue weighted by Gasteiger charge is 2.55. The smallest absolute Gasteiger partial charge is 0.123 e. The number of hydrogen-bond acceptors (Lipinski definition) is 1. The molecule has 2 saturated carbocycles. The van der Waals surface area contributed by atoms with Crippen LogP contribution in [0.3, 0.4) is 0 Å². The standard InChI is InChI=1S/C18H24BrClO/c1-12(2)14-10-13(19)6-7-15(14)21-17-11-16(20)18(17)8-4-3-5-9-18/h6-7,10,12,16-17H,3-5,8-9,11H2,1-2H3. The molecule has 116 valence electrons. The van der Waals surface area contributed by atoms with Gasteiger partial charge < -0.3 is 4.74 Å². The maximum Gasteiger partial charge on any atom is 0.123 e. The lowest BCUT2D eigenvalue weighted by atomic mass is 9.58. The molecule has 0 bridgehead atoms. The van der Waals surface area contributed by atoms with Crippen LogP contribution in [0.15, 0.2) is 22.7 Å². The van der Waals surface area contributed by atoms with Gasteiger partial charge in [0.15, 0.2) is 0 Å². The first kappa shape index (κ1) is 15.7. The fourth-order valence-corrected chi connectivity index (χ4v) is 4.84. The van der Waals surface area contributed by atoms with E-state index in [2.05, 4.69) is 48.0 Å². The average molecular weight is 372 g/mol. The van der Waals surface area contributed by atoms with Gasteiger partial charge in [0, 0.05) is 21.7 Å². The van der Waals surface area contributed by atoms with E-state index in [1.165, 1.54) is 37.7 Å². The van der Waals surface area contributed by atoms with Crippen LogP contribution in [0.25, 0.3) is 0 Å². The molecule has 2 atom stereocenters. The van der Waals surface area contributed by atoms with Crippen LogP contribution in [0.1, 0.15) is 63.9 Å². The molecule has 3 heteroatoms. The second kappa shape index (κ2) is 6.12. The molecule has 1 aromatic rings. The Kier molecular flexibility index (Phi) is 4.57. The first-order chi connectivity index (χ1) is 10.0. The van der Waals surface area contributed by atoms with Crippen molar-refractivity contribution in [3.05, 3.63) is 28.2 Å². The zero-order valence-electron chi connectivity index (χ0n) is 12.9. The fourth-order valence-electron chi connectivity index (χ4n) is 3.94. The number of hydrogen-bond donors (Lipinski definition) is 0. The Bertz CT molecular complexity index is 508. The van der Waals surface area contributed by atoms with Crippen molar-refractivity contribution in [1.82, 2.24) is 0 Å². The van der Waals surface area contributed by atoms with E-state index in [4.69, 9.17) is 16.3 Å². The van der Waals surface area contributed by atoms with Crippen LogP contribution in [0.5, 0.6) is 5.75 Å². The topological polar surface area (TPSA) is 9.23 Å². The summed E-state index contributed by atoms with van der Waals surface area (Å²) in [5, 5.41) is 0.306. The average Bonchev–Trinajstić information content (AvgIpc) is 2.49. The Labute approximate surface area is 141 Å². The predicted octanol–water partition coefficient (Wildman–Crippen LogP) is 6.28. The lowest BCUT2D eigenvalue weighted by Gasteiger charge is -2.55. The third-order valence-electron chi connectivity index (χ3n) is 5.33. The molecule has 0 aromatic heterocycles. The van der Waals surface area contributed by atoms with Crippen molar-refractivity contribution >= 4 is 27.5 Å². The van der Waals surface area contributed by atoms with E-state index in [-0.39, 0.29) is 5.41 Å². The van der Waals surface area contributed by atoms with Crippen LogP contribution < -0.4 is 4.74 Å². The second-order valence-electron chi connectivity index (χ2n) is 6.94. The van der Waals surface area contributed by atoms with E-state index < -0.39 is 0 Å². The van der Waals surface area contributed by atoms with Crippen molar-refractivity contribution in [2.45, 2.75) is 69.8 Å². The molecule has 3 rings (SSSR count). The highest BCUT2D eigenvalue weighted by atomic mass is 79.9. The van der Waals surface area contributed by atoms with Gasteiger partial charge in [0.05, 0.1) is 0 Å². The quantitative estimate of drug-likeness (QED) is 0.568. The largest absolute Gasteiger partial charge is 0.489 e. The summed E-state index contributed by atoms with van der Waals surface area (Å²) in [5.41, 5.74) is 1.52. The molecule has 0 heterocycles. The van der Waals surface area contributed by atoms with Crippen molar-refractivity contribution in [3.8, 4) is 5.75 Å². The molecule has 0 amide bonds. The highest BCUT2D eigenvalue weighted by molar-refractivity contribution is 9.10. The number of halogens is 2. The van der Waals surface area contributed by atoms with E-state index in [1.807, 2.05) is 0 Å². The third-order valence-corrected chi connectivity index (χ3v) is 6.44. The Morgan fingerprint density at radius 3 is 2.57 bits per heavy atom. The van der Waals surface area contributed by atoms with Crippen molar-refractivity contribution in [2.75, 3.05) is 0 Å². The molecule has 0 saturated heterocycles. The molecule has 21 heavy (non-hydrogen) atoms. The maximum atomic E-state index is 6.59. The Morgan fingerprint density at radius 1 is 1.24 bits per heavy atom. The second-order valence-corrected chi connectivity index (χ2v) is 8.38. The van der Waals surface area contributed by atoms with E-state index >= 15 is 0 Å². The van der Waals surface area contributed by atoms with Crippen LogP contribution in [0, 0.1) is 5.41 Å². The van der Waals surface area contributed by atoms with Gasteiger partial charge in [-0.3, -0.25) is 0 Å². The number of rotatable bonds is 3. The molecule has 1 aromatic carbocycles. The van der Waals surface area contributed by atoms with Gasteiger partial charge in [-0.15, -0.1) is 11.6 Å². The van der Waals surface area contributed by atoms with Crippen molar-refractivity contribution in [1.29, 1.82) is 0 Å². The van der Waals surface area contributed by atoms with Crippen molar-refractivity contribution < 1.29 is 4.74 Å². The van der Waals surface area contributed by atoms with Crippen molar-refractivity contribution in [3.63, 3.8) is 0 Å². The molecule has 0 aliphatic heterocycles. The molecule has 2 unspecified atom stereocenters. The Balaban J connectivity index is 1.81. The number of alkyl halides is 1. The summed E-state index contributed by atoms with van der Waals surface area (Å²) < 4.78 is 7.58. The molecular formula is C18H24BrClO. The van der Waals surface area contributed by atoms with Crippen LogP contribution >= 0.6 is 27.5 Å². The summed E-state index contributed by atoms with van der Waals surface area (Å²) in [5.74, 6) is 1.51. The first-order valence-corrected chi connectivity index (χ1v) is 9.36. The Morgan fingerprint density at radius 2 is 1.95 bits per heavy atom. The van der Waals surface area contributed by atoms with E-state index in [0.29, 0.717) is 17.4 Å². The number of benzene rings is 1. The van der Waals surface area contributed by atoms with E-state index in [1.54, 1.807) is 0 Å². The molecular weight excluding hydrogens is 348 g/mol. The lowest BCUT2D eigenvalue weighted by Crippen LogP contribution is -2.58. The maximum absolute atomic E-state index is 6.59.